The SMILES string of the molecule is C[C@@H](C(=O)Nc1ccc(F)cc1F)n1c(-c2cccs2)n[nH]c1=S. The summed E-state index contributed by atoms with van der Waals surface area (Å²) in [7, 11) is 0. The van der Waals surface area contributed by atoms with Crippen LogP contribution in [-0.4, -0.2) is 20.7 Å². The summed E-state index contributed by atoms with van der Waals surface area (Å²) in [5.41, 5.74) is -0.0964. The van der Waals surface area contributed by atoms with Gasteiger partial charge in [0.1, 0.15) is 17.7 Å². The summed E-state index contributed by atoms with van der Waals surface area (Å²) in [5.74, 6) is -1.52. The third-order valence-electron chi connectivity index (χ3n) is 3.40. The number of nitrogens with zero attached hydrogens (tertiary/aromatic N) is 2. The van der Waals surface area contributed by atoms with Gasteiger partial charge in [-0.2, -0.15) is 5.10 Å². The molecule has 0 aliphatic rings. The van der Waals surface area contributed by atoms with Crippen LogP contribution in [0.3, 0.4) is 0 Å². The summed E-state index contributed by atoms with van der Waals surface area (Å²) >= 11 is 6.65. The number of halogens is 2. The van der Waals surface area contributed by atoms with E-state index in [9.17, 15) is 13.6 Å². The minimum Gasteiger partial charge on any atom is -0.322 e. The Bertz CT molecular complexity index is 933. The van der Waals surface area contributed by atoms with Gasteiger partial charge in [0.15, 0.2) is 10.6 Å². The Kier molecular flexibility index (Phi) is 4.54. The van der Waals surface area contributed by atoms with Crippen LogP contribution in [0.25, 0.3) is 10.7 Å². The van der Waals surface area contributed by atoms with Gasteiger partial charge in [0.25, 0.3) is 0 Å². The Morgan fingerprint density at radius 2 is 2.21 bits per heavy atom. The lowest BCUT2D eigenvalue weighted by Gasteiger charge is -2.15. The number of hydrogen-bond acceptors (Lipinski definition) is 4. The molecule has 0 bridgehead atoms. The fraction of sp³-hybridized carbons (Fsp3) is 0.133. The molecule has 0 fully saturated rings. The zero-order valence-electron chi connectivity index (χ0n) is 12.4. The summed E-state index contributed by atoms with van der Waals surface area (Å²) in [4.78, 5) is 13.3. The number of amides is 1. The molecule has 124 valence electrons. The summed E-state index contributed by atoms with van der Waals surface area (Å²) in [5, 5.41) is 11.1. The molecule has 0 saturated heterocycles. The summed E-state index contributed by atoms with van der Waals surface area (Å²) < 4.78 is 28.5. The Labute approximate surface area is 145 Å². The van der Waals surface area contributed by atoms with Gasteiger partial charge in [-0.1, -0.05) is 6.07 Å². The Hall–Kier alpha value is -2.39. The zero-order valence-corrected chi connectivity index (χ0v) is 14.0. The van der Waals surface area contributed by atoms with Gasteiger partial charge in [-0.3, -0.25) is 14.5 Å². The van der Waals surface area contributed by atoms with Crippen LogP contribution in [0.5, 0.6) is 0 Å². The number of carbonyl (C=O) groups is 1. The highest BCUT2D eigenvalue weighted by molar-refractivity contribution is 7.71. The van der Waals surface area contributed by atoms with Crippen molar-refractivity contribution in [1.29, 1.82) is 0 Å². The van der Waals surface area contributed by atoms with E-state index in [0.29, 0.717) is 11.9 Å². The molecular formula is C15H12F2N4OS2. The number of rotatable bonds is 4. The van der Waals surface area contributed by atoms with Gasteiger partial charge in [-0.15, -0.1) is 11.3 Å². The van der Waals surface area contributed by atoms with E-state index in [0.717, 1.165) is 10.9 Å². The fourth-order valence-electron chi connectivity index (χ4n) is 2.19. The summed E-state index contributed by atoms with van der Waals surface area (Å²) in [6.45, 7) is 1.62. The van der Waals surface area contributed by atoms with Gasteiger partial charge >= 0.3 is 0 Å². The monoisotopic (exact) mass is 366 g/mol. The van der Waals surface area contributed by atoms with Crippen molar-refractivity contribution in [3.63, 3.8) is 0 Å². The molecule has 2 N–H and O–H groups in total. The van der Waals surface area contributed by atoms with E-state index < -0.39 is 23.6 Å². The maximum Gasteiger partial charge on any atom is 0.247 e. The Morgan fingerprint density at radius 3 is 2.88 bits per heavy atom. The maximum atomic E-state index is 13.7. The molecule has 0 unspecified atom stereocenters. The number of aromatic amines is 1. The normalized spacial score (nSPS) is 12.1. The highest BCUT2D eigenvalue weighted by atomic mass is 32.1. The van der Waals surface area contributed by atoms with E-state index in [1.807, 2.05) is 17.5 Å². The molecular weight excluding hydrogens is 354 g/mol. The Morgan fingerprint density at radius 1 is 1.42 bits per heavy atom. The van der Waals surface area contributed by atoms with Crippen LogP contribution in [0.15, 0.2) is 35.7 Å². The van der Waals surface area contributed by atoms with E-state index in [2.05, 4.69) is 15.5 Å². The van der Waals surface area contributed by atoms with Crippen LogP contribution in [0.1, 0.15) is 13.0 Å². The molecule has 2 heterocycles. The molecule has 24 heavy (non-hydrogen) atoms. The molecule has 5 nitrogen and oxygen atoms in total. The largest absolute Gasteiger partial charge is 0.322 e. The molecule has 0 spiro atoms. The molecule has 1 aromatic carbocycles. The second-order valence-electron chi connectivity index (χ2n) is 4.99. The molecule has 1 amide bonds. The van der Waals surface area contributed by atoms with E-state index in [1.165, 1.54) is 17.4 Å². The highest BCUT2D eigenvalue weighted by Gasteiger charge is 2.22. The summed E-state index contributed by atoms with van der Waals surface area (Å²) in [6.07, 6.45) is 0. The lowest BCUT2D eigenvalue weighted by atomic mass is 10.2. The fourth-order valence-corrected chi connectivity index (χ4v) is 3.19. The van der Waals surface area contributed by atoms with Gasteiger partial charge in [0.05, 0.1) is 10.6 Å². The quantitative estimate of drug-likeness (QED) is 0.682. The predicted molar refractivity (Wildman–Crippen MR) is 90.4 cm³/mol. The van der Waals surface area contributed by atoms with Crippen molar-refractivity contribution >= 4 is 35.1 Å². The first-order valence-electron chi connectivity index (χ1n) is 6.94. The number of nitrogens with one attached hydrogen (secondary N) is 2. The number of thiophene rings is 1. The maximum absolute atomic E-state index is 13.7. The van der Waals surface area contributed by atoms with Crippen LogP contribution in [0.4, 0.5) is 14.5 Å². The Balaban J connectivity index is 1.89. The average molecular weight is 366 g/mol. The van der Waals surface area contributed by atoms with Gasteiger partial charge in [-0.05, 0) is 42.7 Å². The van der Waals surface area contributed by atoms with Gasteiger partial charge in [0.2, 0.25) is 5.91 Å². The molecule has 2 aromatic heterocycles. The van der Waals surface area contributed by atoms with Crippen LogP contribution in [0, 0.1) is 16.4 Å². The average Bonchev–Trinajstić information content (AvgIpc) is 3.18. The van der Waals surface area contributed by atoms with Crippen LogP contribution in [0.2, 0.25) is 0 Å². The predicted octanol–water partition coefficient (Wildman–Crippen LogP) is 4.15. The lowest BCUT2D eigenvalue weighted by molar-refractivity contribution is -0.118. The molecule has 0 saturated carbocycles. The van der Waals surface area contributed by atoms with Gasteiger partial charge < -0.3 is 5.32 Å². The van der Waals surface area contributed by atoms with Crippen molar-refractivity contribution in [2.75, 3.05) is 5.32 Å². The second-order valence-corrected chi connectivity index (χ2v) is 6.32. The molecule has 3 aromatic rings. The lowest BCUT2D eigenvalue weighted by Crippen LogP contribution is -2.24. The third kappa shape index (κ3) is 3.13. The van der Waals surface area contributed by atoms with Crippen molar-refractivity contribution in [3.05, 3.63) is 52.1 Å². The number of anilines is 1. The third-order valence-corrected chi connectivity index (χ3v) is 4.56. The van der Waals surface area contributed by atoms with Crippen LogP contribution in [-0.2, 0) is 4.79 Å². The number of aromatic nitrogens is 3. The molecule has 0 aliphatic heterocycles. The van der Waals surface area contributed by atoms with E-state index in [4.69, 9.17) is 12.2 Å². The highest BCUT2D eigenvalue weighted by Crippen LogP contribution is 2.26. The molecule has 1 atom stereocenters. The number of hydrogen-bond donors (Lipinski definition) is 2. The van der Waals surface area contributed by atoms with E-state index in [-0.39, 0.29) is 10.5 Å². The van der Waals surface area contributed by atoms with Crippen LogP contribution >= 0.6 is 23.6 Å². The number of H-pyrrole nitrogens is 1. The first kappa shape index (κ1) is 16.5. The smallest absolute Gasteiger partial charge is 0.247 e. The molecule has 0 aliphatic carbocycles. The van der Waals surface area contributed by atoms with Gasteiger partial charge in [-0.25, -0.2) is 8.78 Å². The minimum atomic E-state index is -0.843. The van der Waals surface area contributed by atoms with Gasteiger partial charge in [0, 0.05) is 6.07 Å². The van der Waals surface area contributed by atoms with E-state index >= 15 is 0 Å². The van der Waals surface area contributed by atoms with Crippen molar-refractivity contribution in [2.24, 2.45) is 0 Å². The van der Waals surface area contributed by atoms with E-state index in [1.54, 1.807) is 11.5 Å². The van der Waals surface area contributed by atoms with Crippen molar-refractivity contribution in [2.45, 2.75) is 13.0 Å². The molecule has 0 radical (unpaired) electrons. The van der Waals surface area contributed by atoms with Crippen molar-refractivity contribution in [1.82, 2.24) is 14.8 Å². The first-order chi connectivity index (χ1) is 11.5. The number of benzene rings is 1. The standard InChI is InChI=1S/C15H12F2N4OS2/c1-8(14(22)18-11-5-4-9(16)7-10(11)17)21-13(19-20-15(21)23)12-3-2-6-24-12/h2-8H,1H3,(H,18,22)(H,20,23)/t8-/m0/s1. The minimum absolute atomic E-state index is 0.0964. The molecule has 3 rings (SSSR count). The van der Waals surface area contributed by atoms with Crippen molar-refractivity contribution < 1.29 is 13.6 Å². The first-order valence-corrected chi connectivity index (χ1v) is 8.23. The zero-order chi connectivity index (χ0) is 17.3. The number of carbonyl (C=O) groups excluding carboxylic acids is 1. The second kappa shape index (κ2) is 6.62. The van der Waals surface area contributed by atoms with Crippen LogP contribution < -0.4 is 5.32 Å². The summed E-state index contributed by atoms with van der Waals surface area (Å²) in [6, 6.07) is 5.93. The van der Waals surface area contributed by atoms with Crippen molar-refractivity contribution in [3.8, 4) is 10.7 Å². The molecule has 9 heteroatoms. The topological polar surface area (TPSA) is 62.7 Å².